The molecule has 1 aliphatic carbocycles. The minimum atomic E-state index is -3.50. The number of hydrogen-bond donors (Lipinski definition) is 7. The summed E-state index contributed by atoms with van der Waals surface area (Å²) in [6, 6.07) is 6.38. The number of nitrogens with zero attached hydrogens (tertiary/aromatic N) is 5. The van der Waals surface area contributed by atoms with Crippen molar-refractivity contribution < 1.29 is 39.3 Å². The minimum absolute atomic E-state index is 0.00406. The fourth-order valence-corrected chi connectivity index (χ4v) is 4.37. The van der Waals surface area contributed by atoms with Gasteiger partial charge in [0.15, 0.2) is 17.3 Å². The number of methoxy groups -OCH3 is 1. The van der Waals surface area contributed by atoms with Crippen LogP contribution in [0.2, 0.25) is 0 Å². The monoisotopic (exact) mass is 570 g/mol. The highest BCUT2D eigenvalue weighted by molar-refractivity contribution is 6.00. The highest BCUT2D eigenvalue weighted by atomic mass is 16.7. The zero-order valence-corrected chi connectivity index (χ0v) is 22.1. The molecule has 7 N–H and O–H groups in total. The van der Waals surface area contributed by atoms with Crippen LogP contribution in [0.15, 0.2) is 28.8 Å². The smallest absolute Gasteiger partial charge is 0.369 e. The van der Waals surface area contributed by atoms with Crippen LogP contribution < -0.4 is 20.7 Å². The van der Waals surface area contributed by atoms with E-state index in [1.807, 2.05) is 0 Å². The SMILES string of the molecule is COc1c(Nc2cc(NC(=O)C3CC3)nnc2C(=O)NC(O)(O)O)cccc1-c1noc(CN2CCC(O)CC2)n1. The number of piperidine rings is 1. The molecule has 2 aliphatic rings. The van der Waals surface area contributed by atoms with Gasteiger partial charge in [-0.3, -0.25) is 19.8 Å². The van der Waals surface area contributed by atoms with Gasteiger partial charge in [-0.2, -0.15) is 4.98 Å². The predicted octanol–water partition coefficient (Wildman–Crippen LogP) is -0.0980. The largest absolute Gasteiger partial charge is 0.494 e. The Hall–Kier alpha value is -4.22. The van der Waals surface area contributed by atoms with Crippen molar-refractivity contribution in [2.24, 2.45) is 5.92 Å². The van der Waals surface area contributed by atoms with Crippen LogP contribution in [0.3, 0.4) is 0 Å². The third-order valence-electron chi connectivity index (χ3n) is 6.60. The number of carbonyl (C=O) groups excluding carboxylic acids is 2. The predicted molar refractivity (Wildman–Crippen MR) is 140 cm³/mol. The zero-order valence-electron chi connectivity index (χ0n) is 22.1. The number of nitrogens with one attached hydrogen (secondary N) is 3. The molecular weight excluding hydrogens is 540 g/mol. The first-order valence-electron chi connectivity index (χ1n) is 12.9. The first-order valence-corrected chi connectivity index (χ1v) is 12.9. The van der Waals surface area contributed by atoms with Gasteiger partial charge in [0.25, 0.3) is 5.91 Å². The van der Waals surface area contributed by atoms with Crippen LogP contribution in [0.4, 0.5) is 17.2 Å². The molecule has 2 fully saturated rings. The Kier molecular flexibility index (Phi) is 8.09. The molecule has 0 spiro atoms. The third-order valence-corrected chi connectivity index (χ3v) is 6.60. The number of ether oxygens (including phenoxy) is 1. The summed E-state index contributed by atoms with van der Waals surface area (Å²) in [6.07, 6.45) is -0.923. The molecule has 218 valence electrons. The molecule has 16 nitrogen and oxygen atoms in total. The number of para-hydroxylation sites is 1. The van der Waals surface area contributed by atoms with E-state index in [4.69, 9.17) is 9.26 Å². The topological polar surface area (TPSA) is 228 Å². The zero-order chi connectivity index (χ0) is 29.1. The summed E-state index contributed by atoms with van der Waals surface area (Å²) in [5, 5.41) is 56.4. The average molecular weight is 571 g/mol. The highest BCUT2D eigenvalue weighted by Crippen LogP contribution is 2.37. The van der Waals surface area contributed by atoms with Crippen molar-refractivity contribution in [3.8, 4) is 17.1 Å². The lowest BCUT2D eigenvalue weighted by Crippen LogP contribution is -2.48. The number of aliphatic hydroxyl groups is 4. The van der Waals surface area contributed by atoms with Gasteiger partial charge in [-0.25, -0.2) is 0 Å². The number of hydrogen-bond acceptors (Lipinski definition) is 14. The first-order chi connectivity index (χ1) is 19.6. The lowest BCUT2D eigenvalue weighted by molar-refractivity contribution is -0.323. The van der Waals surface area contributed by atoms with E-state index in [0.717, 1.165) is 12.8 Å². The van der Waals surface area contributed by atoms with E-state index in [9.17, 15) is 30.0 Å². The van der Waals surface area contributed by atoms with Gasteiger partial charge in [0.05, 0.1) is 36.7 Å². The number of aliphatic hydroxyl groups excluding tert-OH is 1. The maximum Gasteiger partial charge on any atom is 0.369 e. The number of carbonyl (C=O) groups is 2. The summed E-state index contributed by atoms with van der Waals surface area (Å²) in [4.78, 5) is 31.5. The molecule has 16 heteroatoms. The van der Waals surface area contributed by atoms with E-state index in [1.165, 1.54) is 13.2 Å². The fraction of sp³-hybridized carbons (Fsp3) is 0.440. The van der Waals surface area contributed by atoms with Crippen molar-refractivity contribution in [3.63, 3.8) is 0 Å². The summed E-state index contributed by atoms with van der Waals surface area (Å²) in [5.41, 5.74) is 0.393. The Bertz CT molecular complexity index is 1410. The molecule has 1 aliphatic heterocycles. The molecule has 2 aromatic heterocycles. The molecule has 1 saturated carbocycles. The van der Waals surface area contributed by atoms with E-state index in [0.29, 0.717) is 49.6 Å². The Labute approximate surface area is 233 Å². The van der Waals surface area contributed by atoms with Crippen LogP contribution in [-0.2, 0) is 11.3 Å². The number of likely N-dealkylation sites (tertiary alicyclic amines) is 1. The number of aromatic nitrogens is 4. The van der Waals surface area contributed by atoms with Crippen molar-refractivity contribution in [2.45, 2.75) is 44.4 Å². The van der Waals surface area contributed by atoms with Crippen molar-refractivity contribution in [1.29, 1.82) is 0 Å². The van der Waals surface area contributed by atoms with E-state index < -0.39 is 17.7 Å². The van der Waals surface area contributed by atoms with Crippen molar-refractivity contribution in [3.05, 3.63) is 35.9 Å². The molecule has 0 radical (unpaired) electrons. The number of anilines is 3. The summed E-state index contributed by atoms with van der Waals surface area (Å²) < 4.78 is 11.1. The third kappa shape index (κ3) is 7.11. The quantitative estimate of drug-likeness (QED) is 0.158. The summed E-state index contributed by atoms with van der Waals surface area (Å²) in [5.74, 6) is -0.544. The summed E-state index contributed by atoms with van der Waals surface area (Å²) >= 11 is 0. The molecule has 2 amide bonds. The molecule has 41 heavy (non-hydrogen) atoms. The average Bonchev–Trinajstić information content (AvgIpc) is 3.68. The maximum absolute atomic E-state index is 12.6. The first kappa shape index (κ1) is 28.3. The normalized spacial score (nSPS) is 16.3. The van der Waals surface area contributed by atoms with E-state index in [1.54, 1.807) is 23.5 Å². The molecule has 1 aromatic carbocycles. The molecule has 0 atom stereocenters. The maximum atomic E-state index is 12.6. The van der Waals surface area contributed by atoms with E-state index in [2.05, 4.69) is 35.9 Å². The van der Waals surface area contributed by atoms with Crippen molar-refractivity contribution >= 4 is 29.0 Å². The Morgan fingerprint density at radius 3 is 2.56 bits per heavy atom. The van der Waals surface area contributed by atoms with Crippen LogP contribution in [0.1, 0.15) is 42.1 Å². The van der Waals surface area contributed by atoms with Gasteiger partial charge in [-0.1, -0.05) is 11.2 Å². The summed E-state index contributed by atoms with van der Waals surface area (Å²) in [6.45, 7) is 1.85. The van der Waals surface area contributed by atoms with Gasteiger partial charge in [-0.15, -0.1) is 10.2 Å². The standard InChI is InChI=1S/C25H30N8O8/c1-40-21-15(22-28-19(41-32-22)12-33-9-7-14(34)8-10-33)3-2-4-16(21)26-17-11-18(27-23(35)13-5-6-13)30-31-20(17)24(36)29-25(37,38)39/h2-4,11,13-14,34,37-39H,5-10,12H2,1H3,(H,29,36)(H2,26,27,30,35). The van der Waals surface area contributed by atoms with Crippen LogP contribution in [0, 0.1) is 5.92 Å². The fourth-order valence-electron chi connectivity index (χ4n) is 4.37. The second-order valence-electron chi connectivity index (χ2n) is 9.88. The summed E-state index contributed by atoms with van der Waals surface area (Å²) in [7, 11) is 1.43. The second kappa shape index (κ2) is 11.7. The van der Waals surface area contributed by atoms with Gasteiger partial charge in [-0.05, 0) is 37.8 Å². The molecule has 5 rings (SSSR count). The molecule has 3 aromatic rings. The van der Waals surface area contributed by atoms with Gasteiger partial charge >= 0.3 is 6.10 Å². The Balaban J connectivity index is 1.42. The Morgan fingerprint density at radius 1 is 1.12 bits per heavy atom. The lowest BCUT2D eigenvalue weighted by Gasteiger charge is -2.27. The van der Waals surface area contributed by atoms with Crippen LogP contribution >= 0.6 is 0 Å². The number of amides is 2. The van der Waals surface area contributed by atoms with Gasteiger partial charge in [0.2, 0.25) is 17.6 Å². The van der Waals surface area contributed by atoms with Crippen LogP contribution in [-0.4, -0.2) is 89.9 Å². The Morgan fingerprint density at radius 2 is 1.88 bits per heavy atom. The highest BCUT2D eigenvalue weighted by Gasteiger charge is 2.31. The van der Waals surface area contributed by atoms with E-state index >= 15 is 0 Å². The van der Waals surface area contributed by atoms with Gasteiger partial charge in [0, 0.05) is 25.1 Å². The molecule has 0 bridgehead atoms. The molecule has 1 saturated heterocycles. The number of rotatable bonds is 10. The van der Waals surface area contributed by atoms with Gasteiger partial charge < -0.3 is 40.3 Å². The second-order valence-corrected chi connectivity index (χ2v) is 9.88. The molecule has 3 heterocycles. The van der Waals surface area contributed by atoms with Crippen molar-refractivity contribution in [1.82, 2.24) is 30.6 Å². The van der Waals surface area contributed by atoms with Crippen molar-refractivity contribution in [2.75, 3.05) is 30.8 Å². The van der Waals surface area contributed by atoms with Crippen LogP contribution in [0.25, 0.3) is 11.4 Å². The molecule has 0 unspecified atom stereocenters. The molecular formula is C25H30N8O8. The minimum Gasteiger partial charge on any atom is -0.494 e. The lowest BCUT2D eigenvalue weighted by atomic mass is 10.1. The van der Waals surface area contributed by atoms with Gasteiger partial charge in [0.1, 0.15) is 0 Å². The van der Waals surface area contributed by atoms with E-state index in [-0.39, 0.29) is 41.0 Å². The van der Waals surface area contributed by atoms with Crippen LogP contribution in [0.5, 0.6) is 5.75 Å². The number of benzene rings is 1.